The van der Waals surface area contributed by atoms with E-state index < -0.39 is 14.6 Å². The molecule has 1 fully saturated rings. The van der Waals surface area contributed by atoms with E-state index in [-0.39, 0.29) is 17.9 Å². The highest BCUT2D eigenvalue weighted by atomic mass is 32.2. The summed E-state index contributed by atoms with van der Waals surface area (Å²) in [5.74, 6) is 0.585. The van der Waals surface area contributed by atoms with Crippen molar-refractivity contribution in [2.45, 2.75) is 37.5 Å². The van der Waals surface area contributed by atoms with Crippen LogP contribution in [0.3, 0.4) is 0 Å². The molecular formula is C18H23N5O3S. The summed E-state index contributed by atoms with van der Waals surface area (Å²) >= 11 is 0. The summed E-state index contributed by atoms with van der Waals surface area (Å²) in [7, 11) is -3.29. The molecule has 2 aromatic rings. The Morgan fingerprint density at radius 1 is 1.19 bits per heavy atom. The Bertz CT molecular complexity index is 967. The molecule has 0 radical (unpaired) electrons. The number of nitrogen functional groups attached to an aromatic ring is 1. The topological polar surface area (TPSA) is 127 Å². The van der Waals surface area contributed by atoms with Gasteiger partial charge in [-0.25, -0.2) is 23.2 Å². The van der Waals surface area contributed by atoms with Gasteiger partial charge in [0.2, 0.25) is 0 Å². The van der Waals surface area contributed by atoms with Crippen LogP contribution in [-0.2, 0) is 14.6 Å². The van der Waals surface area contributed by atoms with E-state index in [0.29, 0.717) is 35.6 Å². The van der Waals surface area contributed by atoms with Crippen molar-refractivity contribution in [3.8, 4) is 11.4 Å². The smallest absolute Gasteiger partial charge is 0.319 e. The quantitative estimate of drug-likeness (QED) is 0.720. The fourth-order valence-electron chi connectivity index (χ4n) is 2.89. The lowest BCUT2D eigenvalue weighted by molar-refractivity contribution is 0.250. The molecule has 4 N–H and O–H groups in total. The molecule has 0 unspecified atom stereocenters. The second-order valence-corrected chi connectivity index (χ2v) is 9.42. The molecule has 0 bridgehead atoms. The van der Waals surface area contributed by atoms with Crippen LogP contribution in [0.25, 0.3) is 11.4 Å². The summed E-state index contributed by atoms with van der Waals surface area (Å²) in [6, 6.07) is 8.24. The van der Waals surface area contributed by atoms with Crippen LogP contribution in [0.1, 0.15) is 32.4 Å². The fourth-order valence-corrected chi connectivity index (χ4v) is 4.22. The molecule has 1 saturated carbocycles. The summed E-state index contributed by atoms with van der Waals surface area (Å²) in [6.07, 6.45) is 2.30. The lowest BCUT2D eigenvalue weighted by Gasteiger charge is -2.14. The molecule has 3 rings (SSSR count). The third-order valence-corrected chi connectivity index (χ3v) is 6.48. The average Bonchev–Trinajstić information content (AvgIpc) is 3.35. The number of benzene rings is 1. The molecule has 8 nitrogen and oxygen atoms in total. The maximum Gasteiger partial charge on any atom is 0.319 e. The number of carbonyl (C=O) groups is 1. The molecule has 1 aromatic heterocycles. The van der Waals surface area contributed by atoms with Crippen LogP contribution < -0.4 is 16.4 Å². The third-order valence-electron chi connectivity index (χ3n) is 4.45. The largest absolute Gasteiger partial charge is 0.384 e. The van der Waals surface area contributed by atoms with E-state index in [2.05, 4.69) is 20.6 Å². The minimum absolute atomic E-state index is 0.0352. The number of nitrogens with one attached hydrogen (secondary N) is 2. The van der Waals surface area contributed by atoms with E-state index in [0.717, 1.165) is 0 Å². The molecule has 0 saturated heterocycles. The van der Waals surface area contributed by atoms with E-state index in [1.165, 1.54) is 12.3 Å². The molecule has 0 spiro atoms. The number of nitrogens with zero attached hydrogens (tertiary/aromatic N) is 2. The molecular weight excluding hydrogens is 366 g/mol. The second-order valence-electron chi connectivity index (χ2n) is 7.10. The minimum atomic E-state index is -3.29. The first-order valence-electron chi connectivity index (χ1n) is 8.63. The predicted octanol–water partition coefficient (Wildman–Crippen LogP) is 2.29. The fraction of sp³-hybridized carbons (Fsp3) is 0.389. The Hall–Kier alpha value is -2.68. The van der Waals surface area contributed by atoms with Gasteiger partial charge in [-0.2, -0.15) is 0 Å². The molecule has 1 aromatic carbocycles. The van der Waals surface area contributed by atoms with Crippen molar-refractivity contribution in [1.29, 1.82) is 0 Å². The maximum atomic E-state index is 12.2. The number of rotatable bonds is 5. The highest BCUT2D eigenvalue weighted by Gasteiger charge is 2.55. The van der Waals surface area contributed by atoms with Crippen LogP contribution >= 0.6 is 0 Å². The van der Waals surface area contributed by atoms with E-state index >= 15 is 0 Å². The number of carbonyl (C=O) groups excluding carboxylic acids is 1. The molecule has 144 valence electrons. The number of urea groups is 1. The molecule has 2 amide bonds. The van der Waals surface area contributed by atoms with Gasteiger partial charge in [-0.15, -0.1) is 0 Å². The maximum absolute atomic E-state index is 12.2. The normalized spacial score (nSPS) is 15.4. The van der Waals surface area contributed by atoms with E-state index in [1.807, 2.05) is 13.8 Å². The van der Waals surface area contributed by atoms with Gasteiger partial charge in [0.05, 0.1) is 5.69 Å². The summed E-state index contributed by atoms with van der Waals surface area (Å²) < 4.78 is 23.4. The standard InChI is InChI=1S/C18H23N5O3S/c1-11(2)20-17(24)21-13-6-4-12(5-7-13)16-22-14(10-15(19)23-16)18(8-9-18)27(3,25)26/h4-7,10-11H,8-9H2,1-3H3,(H2,19,22,23)(H2,20,21,24). The predicted molar refractivity (Wildman–Crippen MR) is 105 cm³/mol. The van der Waals surface area contributed by atoms with Gasteiger partial charge in [-0.1, -0.05) is 0 Å². The highest BCUT2D eigenvalue weighted by molar-refractivity contribution is 7.91. The number of hydrogen-bond acceptors (Lipinski definition) is 6. The number of hydrogen-bond donors (Lipinski definition) is 3. The van der Waals surface area contributed by atoms with Crippen LogP contribution in [0.4, 0.5) is 16.3 Å². The highest BCUT2D eigenvalue weighted by Crippen LogP contribution is 2.52. The van der Waals surface area contributed by atoms with Crippen LogP contribution in [0.5, 0.6) is 0 Å². The molecule has 1 aliphatic rings. The minimum Gasteiger partial charge on any atom is -0.384 e. The summed E-state index contributed by atoms with van der Waals surface area (Å²) in [5.41, 5.74) is 7.64. The SMILES string of the molecule is CC(C)NC(=O)Nc1ccc(-c2nc(N)cc(C3(S(C)(=O)=O)CC3)n2)cc1. The van der Waals surface area contributed by atoms with Crippen LogP contribution in [0, 0.1) is 0 Å². The van der Waals surface area contributed by atoms with Crippen molar-refractivity contribution in [3.63, 3.8) is 0 Å². The number of sulfone groups is 1. The van der Waals surface area contributed by atoms with Crippen LogP contribution in [-0.4, -0.2) is 36.7 Å². The van der Waals surface area contributed by atoms with Gasteiger partial charge in [0.25, 0.3) is 0 Å². The zero-order valence-electron chi connectivity index (χ0n) is 15.5. The first-order chi connectivity index (χ1) is 12.6. The Kier molecular flexibility index (Phi) is 4.81. The third kappa shape index (κ3) is 4.02. The van der Waals surface area contributed by atoms with Gasteiger partial charge < -0.3 is 16.4 Å². The molecule has 1 aliphatic carbocycles. The monoisotopic (exact) mass is 389 g/mol. The molecule has 1 heterocycles. The Labute approximate surface area is 158 Å². The molecule has 0 atom stereocenters. The number of nitrogens with two attached hydrogens (primary N) is 1. The van der Waals surface area contributed by atoms with Crippen molar-refractivity contribution in [1.82, 2.24) is 15.3 Å². The lowest BCUT2D eigenvalue weighted by Crippen LogP contribution is -2.34. The molecule has 9 heteroatoms. The molecule has 27 heavy (non-hydrogen) atoms. The zero-order valence-corrected chi connectivity index (χ0v) is 16.3. The van der Waals surface area contributed by atoms with Crippen LogP contribution in [0.15, 0.2) is 30.3 Å². The van der Waals surface area contributed by atoms with Gasteiger partial charge in [0, 0.05) is 29.6 Å². The van der Waals surface area contributed by atoms with Gasteiger partial charge in [0.1, 0.15) is 10.6 Å². The Balaban J connectivity index is 1.86. The van der Waals surface area contributed by atoms with E-state index in [4.69, 9.17) is 5.73 Å². The van der Waals surface area contributed by atoms with Crippen molar-refractivity contribution in [3.05, 3.63) is 36.0 Å². The van der Waals surface area contributed by atoms with E-state index in [1.54, 1.807) is 24.3 Å². The van der Waals surface area contributed by atoms with Gasteiger partial charge in [-0.3, -0.25) is 0 Å². The van der Waals surface area contributed by atoms with Crippen molar-refractivity contribution < 1.29 is 13.2 Å². The molecule has 0 aliphatic heterocycles. The zero-order chi connectivity index (χ0) is 19.8. The number of amides is 2. The number of aromatic nitrogens is 2. The van der Waals surface area contributed by atoms with E-state index in [9.17, 15) is 13.2 Å². The average molecular weight is 389 g/mol. The summed E-state index contributed by atoms with van der Waals surface area (Å²) in [5, 5.41) is 5.48. The van der Waals surface area contributed by atoms with Gasteiger partial charge in [-0.05, 0) is 51.0 Å². The Morgan fingerprint density at radius 3 is 2.33 bits per heavy atom. The lowest BCUT2D eigenvalue weighted by atomic mass is 10.1. The summed E-state index contributed by atoms with van der Waals surface area (Å²) in [4.78, 5) is 20.5. The second kappa shape index (κ2) is 6.80. The van der Waals surface area contributed by atoms with Crippen molar-refractivity contribution in [2.24, 2.45) is 0 Å². The van der Waals surface area contributed by atoms with Gasteiger partial charge >= 0.3 is 6.03 Å². The van der Waals surface area contributed by atoms with Crippen molar-refractivity contribution in [2.75, 3.05) is 17.3 Å². The van der Waals surface area contributed by atoms with Crippen molar-refractivity contribution >= 4 is 27.4 Å². The van der Waals surface area contributed by atoms with Gasteiger partial charge in [0.15, 0.2) is 15.7 Å². The first kappa shape index (κ1) is 19.1. The van der Waals surface area contributed by atoms with Crippen LogP contribution in [0.2, 0.25) is 0 Å². The first-order valence-corrected chi connectivity index (χ1v) is 10.5. The Morgan fingerprint density at radius 2 is 1.81 bits per heavy atom. The summed E-state index contributed by atoms with van der Waals surface area (Å²) in [6.45, 7) is 3.75. The number of anilines is 2.